The molecule has 1 aromatic heterocycles. The van der Waals surface area contributed by atoms with Gasteiger partial charge in [-0.25, -0.2) is 4.79 Å². The van der Waals surface area contributed by atoms with Crippen LogP contribution in [0.3, 0.4) is 0 Å². The zero-order valence-electron chi connectivity index (χ0n) is 12.1. The van der Waals surface area contributed by atoms with Gasteiger partial charge in [-0.2, -0.15) is 5.10 Å². The molecule has 0 aliphatic heterocycles. The van der Waals surface area contributed by atoms with Crippen molar-refractivity contribution in [3.8, 4) is 0 Å². The Hall–Kier alpha value is -2.21. The molecular formula is C14H17ClN4O2. The minimum absolute atomic E-state index is 0.166. The summed E-state index contributed by atoms with van der Waals surface area (Å²) in [5.41, 5.74) is 8.90. The van der Waals surface area contributed by atoms with Gasteiger partial charge in [0.15, 0.2) is 0 Å². The molecule has 3 N–H and O–H groups in total. The Balaban J connectivity index is 2.28. The molecule has 1 heterocycles. The lowest BCUT2D eigenvalue weighted by atomic mass is 10.1. The largest absolute Gasteiger partial charge is 0.478 e. The number of hydrogen-bond donors (Lipinski definition) is 2. The number of aromatic carboxylic acids is 1. The fourth-order valence-electron chi connectivity index (χ4n) is 2.20. The lowest BCUT2D eigenvalue weighted by Gasteiger charge is -2.21. The highest BCUT2D eigenvalue weighted by Gasteiger charge is 2.15. The van der Waals surface area contributed by atoms with E-state index in [1.54, 1.807) is 10.7 Å². The lowest BCUT2D eigenvalue weighted by Crippen LogP contribution is -2.20. The van der Waals surface area contributed by atoms with Crippen molar-refractivity contribution in [2.75, 3.05) is 17.7 Å². The van der Waals surface area contributed by atoms with Crippen LogP contribution in [-0.2, 0) is 13.6 Å². The van der Waals surface area contributed by atoms with Crippen molar-refractivity contribution in [2.45, 2.75) is 13.5 Å². The van der Waals surface area contributed by atoms with Gasteiger partial charge in [0.2, 0.25) is 0 Å². The predicted molar refractivity (Wildman–Crippen MR) is 82.9 cm³/mol. The molecular weight excluding hydrogens is 292 g/mol. The number of anilines is 2. The minimum atomic E-state index is -0.999. The Morgan fingerprint density at radius 2 is 2.19 bits per heavy atom. The zero-order chi connectivity index (χ0) is 15.7. The van der Waals surface area contributed by atoms with Crippen LogP contribution in [0.2, 0.25) is 5.02 Å². The van der Waals surface area contributed by atoms with Gasteiger partial charge in [-0.1, -0.05) is 11.6 Å². The fourth-order valence-corrected chi connectivity index (χ4v) is 2.42. The molecule has 6 nitrogen and oxygen atoms in total. The molecule has 0 amide bonds. The first-order valence-corrected chi connectivity index (χ1v) is 6.71. The van der Waals surface area contributed by atoms with Gasteiger partial charge in [-0.15, -0.1) is 0 Å². The van der Waals surface area contributed by atoms with Gasteiger partial charge >= 0.3 is 5.97 Å². The van der Waals surface area contributed by atoms with E-state index in [0.29, 0.717) is 17.3 Å². The number of carbonyl (C=O) groups is 1. The van der Waals surface area contributed by atoms with Gasteiger partial charge in [-0.3, -0.25) is 4.68 Å². The molecule has 7 heteroatoms. The minimum Gasteiger partial charge on any atom is -0.478 e. The van der Waals surface area contributed by atoms with Gasteiger partial charge < -0.3 is 15.7 Å². The second-order valence-corrected chi connectivity index (χ2v) is 5.28. The highest BCUT2D eigenvalue weighted by molar-refractivity contribution is 6.31. The topological polar surface area (TPSA) is 84.4 Å². The summed E-state index contributed by atoms with van der Waals surface area (Å²) < 4.78 is 1.73. The van der Waals surface area contributed by atoms with Crippen molar-refractivity contribution in [1.82, 2.24) is 9.78 Å². The number of aryl methyl sites for hydroxylation is 2. The SMILES string of the molecule is Cc1nn(C)c(CN(C)c2ccc(C(=O)O)cc2N)c1Cl. The third-order valence-electron chi connectivity index (χ3n) is 3.33. The van der Waals surface area contributed by atoms with Crippen molar-refractivity contribution in [3.05, 3.63) is 40.2 Å². The first-order valence-electron chi connectivity index (χ1n) is 6.33. The summed E-state index contributed by atoms with van der Waals surface area (Å²) >= 11 is 6.23. The van der Waals surface area contributed by atoms with Crippen LogP contribution in [0.25, 0.3) is 0 Å². The Morgan fingerprint density at radius 1 is 1.52 bits per heavy atom. The van der Waals surface area contributed by atoms with E-state index in [1.807, 2.05) is 25.9 Å². The number of nitrogens with zero attached hydrogens (tertiary/aromatic N) is 3. The molecule has 0 aliphatic carbocycles. The Bertz CT molecular complexity index is 697. The van der Waals surface area contributed by atoms with E-state index in [4.69, 9.17) is 22.4 Å². The molecule has 0 unspecified atom stereocenters. The molecule has 0 saturated carbocycles. The van der Waals surface area contributed by atoms with E-state index in [2.05, 4.69) is 5.10 Å². The maximum atomic E-state index is 10.9. The van der Waals surface area contributed by atoms with Crippen LogP contribution in [0.1, 0.15) is 21.7 Å². The van der Waals surface area contributed by atoms with E-state index < -0.39 is 5.97 Å². The van der Waals surface area contributed by atoms with Gasteiger partial charge in [-0.05, 0) is 25.1 Å². The van der Waals surface area contributed by atoms with E-state index in [1.165, 1.54) is 12.1 Å². The number of aromatic nitrogens is 2. The molecule has 0 spiro atoms. The summed E-state index contributed by atoms with van der Waals surface area (Å²) in [6.07, 6.45) is 0. The molecule has 2 rings (SSSR count). The first kappa shape index (κ1) is 15.2. The second-order valence-electron chi connectivity index (χ2n) is 4.90. The van der Waals surface area contributed by atoms with Crippen LogP contribution in [-0.4, -0.2) is 27.9 Å². The third-order valence-corrected chi connectivity index (χ3v) is 3.83. The third kappa shape index (κ3) is 2.95. The number of rotatable bonds is 4. The summed E-state index contributed by atoms with van der Waals surface area (Å²) in [5.74, 6) is -0.999. The van der Waals surface area contributed by atoms with E-state index >= 15 is 0 Å². The highest BCUT2D eigenvalue weighted by atomic mass is 35.5. The highest BCUT2D eigenvalue weighted by Crippen LogP contribution is 2.27. The molecule has 21 heavy (non-hydrogen) atoms. The van der Waals surface area contributed by atoms with Gasteiger partial charge in [0.25, 0.3) is 0 Å². The van der Waals surface area contributed by atoms with E-state index in [0.717, 1.165) is 17.1 Å². The molecule has 0 saturated heterocycles. The van der Waals surface area contributed by atoms with Gasteiger partial charge in [0.05, 0.1) is 39.9 Å². The lowest BCUT2D eigenvalue weighted by molar-refractivity contribution is 0.0697. The summed E-state index contributed by atoms with van der Waals surface area (Å²) in [5, 5.41) is 13.8. The quantitative estimate of drug-likeness (QED) is 0.847. The predicted octanol–water partition coefficient (Wildman–Crippen LogP) is 2.30. The number of hydrogen-bond acceptors (Lipinski definition) is 4. The maximum Gasteiger partial charge on any atom is 0.335 e. The van der Waals surface area contributed by atoms with Crippen LogP contribution in [0.5, 0.6) is 0 Å². The molecule has 112 valence electrons. The molecule has 2 aromatic rings. The van der Waals surface area contributed by atoms with Crippen LogP contribution in [0, 0.1) is 6.92 Å². The number of nitrogen functional groups attached to an aromatic ring is 1. The molecule has 0 radical (unpaired) electrons. The normalized spacial score (nSPS) is 10.7. The summed E-state index contributed by atoms with van der Waals surface area (Å²) in [6.45, 7) is 2.37. The van der Waals surface area contributed by atoms with Crippen LogP contribution in [0.15, 0.2) is 18.2 Å². The summed E-state index contributed by atoms with van der Waals surface area (Å²) in [7, 11) is 3.70. The smallest absolute Gasteiger partial charge is 0.335 e. The summed E-state index contributed by atoms with van der Waals surface area (Å²) in [6, 6.07) is 4.67. The molecule has 0 bridgehead atoms. The first-order chi connectivity index (χ1) is 9.81. The maximum absolute atomic E-state index is 10.9. The molecule has 0 aliphatic rings. The number of carboxylic acids is 1. The Morgan fingerprint density at radius 3 is 2.67 bits per heavy atom. The zero-order valence-corrected chi connectivity index (χ0v) is 12.8. The number of halogens is 1. The standard InChI is InChI=1S/C14H17ClN4O2/c1-8-13(15)12(19(3)17-8)7-18(2)11-5-4-9(14(20)21)6-10(11)16/h4-6H,7,16H2,1-3H3,(H,20,21). The van der Waals surface area contributed by atoms with Crippen LogP contribution >= 0.6 is 11.6 Å². The van der Waals surface area contributed by atoms with E-state index in [9.17, 15) is 4.79 Å². The van der Waals surface area contributed by atoms with Gasteiger partial charge in [0.1, 0.15) is 0 Å². The van der Waals surface area contributed by atoms with Crippen molar-refractivity contribution in [1.29, 1.82) is 0 Å². The summed E-state index contributed by atoms with van der Waals surface area (Å²) in [4.78, 5) is 12.8. The molecule has 0 atom stereocenters. The Kier molecular flexibility index (Phi) is 4.09. The molecule has 0 fully saturated rings. The monoisotopic (exact) mass is 308 g/mol. The van der Waals surface area contributed by atoms with Crippen molar-refractivity contribution in [2.24, 2.45) is 7.05 Å². The van der Waals surface area contributed by atoms with E-state index in [-0.39, 0.29) is 5.56 Å². The van der Waals surface area contributed by atoms with Gasteiger partial charge in [0, 0.05) is 14.1 Å². The second kappa shape index (κ2) is 5.65. The average Bonchev–Trinajstić information content (AvgIpc) is 2.65. The fraction of sp³-hybridized carbons (Fsp3) is 0.286. The van der Waals surface area contributed by atoms with Crippen molar-refractivity contribution in [3.63, 3.8) is 0 Å². The average molecular weight is 309 g/mol. The van der Waals surface area contributed by atoms with Crippen LogP contribution in [0.4, 0.5) is 11.4 Å². The van der Waals surface area contributed by atoms with Crippen molar-refractivity contribution >= 4 is 28.9 Å². The molecule has 1 aromatic carbocycles. The van der Waals surface area contributed by atoms with Crippen LogP contribution < -0.4 is 10.6 Å². The Labute approximate surface area is 127 Å². The van der Waals surface area contributed by atoms with Crippen molar-refractivity contribution < 1.29 is 9.90 Å². The number of benzene rings is 1. The number of nitrogens with two attached hydrogens (primary N) is 1. The number of carboxylic acid groups (broad SMARTS) is 1.